The molecule has 5 rings (SSSR count). The lowest BCUT2D eigenvalue weighted by atomic mass is 9.95. The number of anilines is 1. The summed E-state index contributed by atoms with van der Waals surface area (Å²) in [7, 11) is 1.46. The highest BCUT2D eigenvalue weighted by molar-refractivity contribution is 6.30. The SMILES string of the molecule is CO/N=C1/COCCN(c2nc(OC[C@@]34CCCN3C[C@H](F)C4)nc3c(F)c(Cl)ncc23)C1. The van der Waals surface area contributed by atoms with Crippen molar-refractivity contribution in [3.05, 3.63) is 17.2 Å². The van der Waals surface area contributed by atoms with E-state index in [9.17, 15) is 8.78 Å². The molecule has 3 saturated heterocycles. The monoisotopic (exact) mass is 482 g/mol. The minimum absolute atomic E-state index is 0.0117. The molecule has 9 nitrogen and oxygen atoms in total. The largest absolute Gasteiger partial charge is 0.461 e. The Kier molecular flexibility index (Phi) is 6.19. The second kappa shape index (κ2) is 9.11. The van der Waals surface area contributed by atoms with Crippen LogP contribution in [0.4, 0.5) is 14.6 Å². The number of oxime groups is 1. The van der Waals surface area contributed by atoms with Crippen LogP contribution >= 0.6 is 11.6 Å². The van der Waals surface area contributed by atoms with Gasteiger partial charge in [-0.25, -0.2) is 13.8 Å². The Bertz CT molecular complexity index is 1080. The lowest BCUT2D eigenvalue weighted by Gasteiger charge is -2.31. The lowest BCUT2D eigenvalue weighted by molar-refractivity contribution is 0.107. The summed E-state index contributed by atoms with van der Waals surface area (Å²) in [5.74, 6) is -0.312. The van der Waals surface area contributed by atoms with Crippen LogP contribution < -0.4 is 9.64 Å². The van der Waals surface area contributed by atoms with Gasteiger partial charge in [0.1, 0.15) is 36.9 Å². The zero-order chi connectivity index (χ0) is 23.0. The standard InChI is InChI=1S/C21H25ClF2N6O3/c1-31-28-14-10-29(5-6-32-11-14)19-15-8-25-18(22)16(24)17(15)26-20(27-19)33-12-21-3-2-4-30(21)9-13(23)7-21/h8,13H,2-7,9-12H2,1H3/b28-14+/t13-,21+/m1/s1. The molecular formula is C21H25ClF2N6O3. The summed E-state index contributed by atoms with van der Waals surface area (Å²) in [6.45, 7) is 3.09. The number of hydrogen-bond donors (Lipinski definition) is 0. The summed E-state index contributed by atoms with van der Waals surface area (Å²) in [6.07, 6.45) is 2.82. The van der Waals surface area contributed by atoms with E-state index in [1.54, 1.807) is 0 Å². The molecule has 0 N–H and O–H groups in total. The van der Waals surface area contributed by atoms with Gasteiger partial charge in [0.25, 0.3) is 0 Å². The van der Waals surface area contributed by atoms with Crippen molar-refractivity contribution in [2.45, 2.75) is 31.0 Å². The second-order valence-electron chi connectivity index (χ2n) is 8.63. The van der Waals surface area contributed by atoms with Crippen molar-refractivity contribution in [1.82, 2.24) is 19.9 Å². The Morgan fingerprint density at radius 1 is 1.36 bits per heavy atom. The number of alkyl halides is 1. The molecule has 0 unspecified atom stereocenters. The first kappa shape index (κ1) is 22.4. The molecular weight excluding hydrogens is 458 g/mol. The highest BCUT2D eigenvalue weighted by Crippen LogP contribution is 2.40. The van der Waals surface area contributed by atoms with E-state index >= 15 is 0 Å². The van der Waals surface area contributed by atoms with Gasteiger partial charge in [-0.2, -0.15) is 9.97 Å². The number of nitrogens with zero attached hydrogens (tertiary/aromatic N) is 6. The molecule has 3 aliphatic heterocycles. The fourth-order valence-electron chi connectivity index (χ4n) is 5.03. The van der Waals surface area contributed by atoms with Crippen molar-refractivity contribution in [1.29, 1.82) is 0 Å². The van der Waals surface area contributed by atoms with E-state index in [1.807, 2.05) is 4.90 Å². The van der Waals surface area contributed by atoms with Gasteiger partial charge in [-0.05, 0) is 19.4 Å². The first-order valence-corrected chi connectivity index (χ1v) is 11.3. The van der Waals surface area contributed by atoms with E-state index < -0.39 is 12.0 Å². The summed E-state index contributed by atoms with van der Waals surface area (Å²) in [5, 5.41) is 4.12. The number of rotatable bonds is 5. The minimum atomic E-state index is -0.875. The van der Waals surface area contributed by atoms with Gasteiger partial charge in [0, 0.05) is 25.7 Å². The van der Waals surface area contributed by atoms with E-state index in [0.29, 0.717) is 56.2 Å². The van der Waals surface area contributed by atoms with E-state index in [0.717, 1.165) is 19.4 Å². The van der Waals surface area contributed by atoms with Gasteiger partial charge in [0.05, 0.1) is 30.7 Å². The maximum atomic E-state index is 14.9. The van der Waals surface area contributed by atoms with E-state index in [4.69, 9.17) is 25.9 Å². The molecule has 12 heteroatoms. The molecule has 3 fully saturated rings. The van der Waals surface area contributed by atoms with Crippen molar-refractivity contribution >= 4 is 34.0 Å². The quantitative estimate of drug-likeness (QED) is 0.475. The van der Waals surface area contributed by atoms with Crippen molar-refractivity contribution in [3.63, 3.8) is 0 Å². The molecule has 3 aliphatic rings. The van der Waals surface area contributed by atoms with Crippen molar-refractivity contribution in [2.24, 2.45) is 5.16 Å². The molecule has 2 aromatic rings. The van der Waals surface area contributed by atoms with Gasteiger partial charge < -0.3 is 19.2 Å². The molecule has 2 aromatic heterocycles. The van der Waals surface area contributed by atoms with Crippen molar-refractivity contribution in [3.8, 4) is 6.01 Å². The third kappa shape index (κ3) is 4.29. The fourth-order valence-corrected chi connectivity index (χ4v) is 5.17. The van der Waals surface area contributed by atoms with Crippen LogP contribution in [0.2, 0.25) is 5.15 Å². The van der Waals surface area contributed by atoms with Gasteiger partial charge in [-0.15, -0.1) is 0 Å². The van der Waals surface area contributed by atoms with Gasteiger partial charge >= 0.3 is 6.01 Å². The van der Waals surface area contributed by atoms with Crippen LogP contribution in [0.1, 0.15) is 19.3 Å². The molecule has 0 bridgehead atoms. The number of halogens is 3. The van der Waals surface area contributed by atoms with E-state index in [2.05, 4.69) is 25.0 Å². The predicted octanol–water partition coefficient (Wildman–Crippen LogP) is 2.61. The second-order valence-corrected chi connectivity index (χ2v) is 8.99. The Balaban J connectivity index is 1.50. The number of ether oxygens (including phenoxy) is 2. The zero-order valence-corrected chi connectivity index (χ0v) is 19.0. The smallest absolute Gasteiger partial charge is 0.319 e. The van der Waals surface area contributed by atoms with Crippen LogP contribution in [0.15, 0.2) is 11.4 Å². The van der Waals surface area contributed by atoms with Gasteiger partial charge in [-0.1, -0.05) is 16.8 Å². The van der Waals surface area contributed by atoms with Crippen LogP contribution in [0.25, 0.3) is 10.9 Å². The summed E-state index contributed by atoms with van der Waals surface area (Å²) in [5.41, 5.74) is 0.300. The number of hydrogen-bond acceptors (Lipinski definition) is 9. The lowest BCUT2D eigenvalue weighted by Crippen LogP contribution is -2.43. The van der Waals surface area contributed by atoms with E-state index in [-0.39, 0.29) is 28.8 Å². The topological polar surface area (TPSA) is 85.2 Å². The molecule has 0 amide bonds. The normalized spacial score (nSPS) is 27.2. The summed E-state index contributed by atoms with van der Waals surface area (Å²) < 4.78 is 40.6. The average Bonchev–Trinajstić information content (AvgIpc) is 3.21. The Labute approximate surface area is 194 Å². The predicted molar refractivity (Wildman–Crippen MR) is 118 cm³/mol. The minimum Gasteiger partial charge on any atom is -0.461 e. The van der Waals surface area contributed by atoms with Crippen LogP contribution in [-0.2, 0) is 9.57 Å². The first-order chi connectivity index (χ1) is 16.0. The molecule has 0 spiro atoms. The zero-order valence-electron chi connectivity index (χ0n) is 18.3. The van der Waals surface area contributed by atoms with Crippen LogP contribution in [-0.4, -0.2) is 90.4 Å². The van der Waals surface area contributed by atoms with Crippen LogP contribution in [0.3, 0.4) is 0 Å². The molecule has 2 atom stereocenters. The van der Waals surface area contributed by atoms with E-state index in [1.165, 1.54) is 13.3 Å². The van der Waals surface area contributed by atoms with Gasteiger partial charge in [0.2, 0.25) is 0 Å². The summed E-state index contributed by atoms with van der Waals surface area (Å²) >= 11 is 5.93. The fraction of sp³-hybridized carbons (Fsp3) is 0.619. The molecule has 0 aromatic carbocycles. The average molecular weight is 483 g/mol. The maximum Gasteiger partial charge on any atom is 0.319 e. The number of aromatic nitrogens is 3. The van der Waals surface area contributed by atoms with Gasteiger partial charge in [0.15, 0.2) is 11.0 Å². The summed E-state index contributed by atoms with van der Waals surface area (Å²) in [6, 6.07) is 0.0117. The highest BCUT2D eigenvalue weighted by Gasteiger charge is 2.49. The molecule has 0 radical (unpaired) electrons. The Morgan fingerprint density at radius 3 is 3.09 bits per heavy atom. The van der Waals surface area contributed by atoms with Crippen molar-refractivity contribution < 1.29 is 23.1 Å². The maximum absolute atomic E-state index is 14.9. The molecule has 5 heterocycles. The van der Waals surface area contributed by atoms with Crippen LogP contribution in [0, 0.1) is 5.82 Å². The highest BCUT2D eigenvalue weighted by atomic mass is 35.5. The molecule has 178 valence electrons. The molecule has 0 saturated carbocycles. The Hall–Kier alpha value is -2.37. The number of pyridine rings is 1. The third-order valence-electron chi connectivity index (χ3n) is 6.50. The van der Waals surface area contributed by atoms with Crippen molar-refractivity contribution in [2.75, 3.05) is 58.0 Å². The summed E-state index contributed by atoms with van der Waals surface area (Å²) in [4.78, 5) is 21.8. The third-order valence-corrected chi connectivity index (χ3v) is 6.76. The molecule has 33 heavy (non-hydrogen) atoms. The molecule has 0 aliphatic carbocycles. The van der Waals surface area contributed by atoms with Crippen LogP contribution in [0.5, 0.6) is 6.01 Å². The Morgan fingerprint density at radius 2 is 2.24 bits per heavy atom. The van der Waals surface area contributed by atoms with Gasteiger partial charge in [-0.3, -0.25) is 4.90 Å². The first-order valence-electron chi connectivity index (χ1n) is 10.9. The number of fused-ring (bicyclic) bond motifs is 2.